The summed E-state index contributed by atoms with van der Waals surface area (Å²) < 4.78 is 28.3. The van der Waals surface area contributed by atoms with Crippen molar-refractivity contribution in [1.29, 1.82) is 0 Å². The lowest BCUT2D eigenvalue weighted by molar-refractivity contribution is -0.132. The van der Waals surface area contributed by atoms with Gasteiger partial charge in [0.2, 0.25) is 0 Å². The molecule has 1 aromatic heterocycles. The molecule has 174 valence electrons. The molecule has 2 aromatic carbocycles. The maximum Gasteiger partial charge on any atom is 0.300 e. The van der Waals surface area contributed by atoms with Gasteiger partial charge in [0.1, 0.15) is 23.4 Å². The molecule has 4 rings (SSSR count). The summed E-state index contributed by atoms with van der Waals surface area (Å²) in [6, 6.07) is 12.0. The van der Waals surface area contributed by atoms with E-state index in [0.717, 1.165) is 22.6 Å². The molecule has 1 amide bonds. The number of nitrogens with zero attached hydrogens (tertiary/aromatic N) is 2. The van der Waals surface area contributed by atoms with Gasteiger partial charge in [-0.15, -0.1) is 0 Å². The van der Waals surface area contributed by atoms with E-state index in [2.05, 4.69) is 4.98 Å². The Morgan fingerprint density at radius 2 is 1.76 bits per heavy atom. The van der Waals surface area contributed by atoms with Crippen LogP contribution in [0, 0.1) is 18.6 Å². The number of carbonyl (C=O) groups excluding carboxylic acids is 2. The number of hydrogen-bond acceptors (Lipinski definition) is 4. The quantitative estimate of drug-likeness (QED) is 0.313. The van der Waals surface area contributed by atoms with Crippen LogP contribution >= 0.6 is 0 Å². The van der Waals surface area contributed by atoms with Crippen molar-refractivity contribution in [3.05, 3.63) is 100 Å². The minimum Gasteiger partial charge on any atom is -0.507 e. The van der Waals surface area contributed by atoms with Crippen molar-refractivity contribution in [3.8, 4) is 0 Å². The second-order valence-electron chi connectivity index (χ2n) is 9.30. The van der Waals surface area contributed by atoms with Gasteiger partial charge >= 0.3 is 0 Å². The molecule has 1 unspecified atom stereocenters. The van der Waals surface area contributed by atoms with Crippen LogP contribution in [0.2, 0.25) is 0 Å². The molecule has 0 spiro atoms. The summed E-state index contributed by atoms with van der Waals surface area (Å²) in [5, 5.41) is 11.4. The van der Waals surface area contributed by atoms with E-state index in [4.69, 9.17) is 0 Å². The van der Waals surface area contributed by atoms with Crippen LogP contribution in [0.5, 0.6) is 0 Å². The van der Waals surface area contributed by atoms with Crippen molar-refractivity contribution in [2.45, 2.75) is 39.2 Å². The molecule has 0 aliphatic carbocycles. The molecular weight excluding hydrogens is 438 g/mol. The Balaban J connectivity index is 1.99. The van der Waals surface area contributed by atoms with Gasteiger partial charge in [-0.25, -0.2) is 8.78 Å². The van der Waals surface area contributed by atoms with Crippen LogP contribution < -0.4 is 4.90 Å². The van der Waals surface area contributed by atoms with Gasteiger partial charge in [-0.1, -0.05) is 39.0 Å². The van der Waals surface area contributed by atoms with Crippen molar-refractivity contribution < 1.29 is 23.5 Å². The lowest BCUT2D eigenvalue weighted by Gasteiger charge is -2.25. The molecule has 1 aliphatic rings. The van der Waals surface area contributed by atoms with Crippen LogP contribution in [0.4, 0.5) is 14.5 Å². The predicted molar refractivity (Wildman–Crippen MR) is 125 cm³/mol. The Hall–Kier alpha value is -3.87. The number of aryl methyl sites for hydroxylation is 1. The molecule has 7 heteroatoms. The van der Waals surface area contributed by atoms with Gasteiger partial charge < -0.3 is 5.11 Å². The molecule has 34 heavy (non-hydrogen) atoms. The monoisotopic (exact) mass is 462 g/mol. The van der Waals surface area contributed by atoms with Crippen LogP contribution in [0.25, 0.3) is 5.76 Å². The second-order valence-corrected chi connectivity index (χ2v) is 9.30. The maximum atomic E-state index is 14.7. The Morgan fingerprint density at radius 1 is 1.03 bits per heavy atom. The van der Waals surface area contributed by atoms with Crippen LogP contribution in [0.3, 0.4) is 0 Å². The number of amides is 1. The van der Waals surface area contributed by atoms with Crippen LogP contribution in [-0.2, 0) is 15.0 Å². The zero-order valence-electron chi connectivity index (χ0n) is 19.3. The standard InChI is InChI=1S/C27H24F2N2O3/c1-15-8-9-16(27(2,3)4)13-18(15)24(32)22-23(20-7-5-6-12-30-20)31(26(34)25(22)33)21-11-10-17(28)14-19(21)29/h5-14,23,32H,1-4H3/b24-22+. The highest BCUT2D eigenvalue weighted by Crippen LogP contribution is 2.43. The maximum absolute atomic E-state index is 14.7. The largest absolute Gasteiger partial charge is 0.507 e. The summed E-state index contributed by atoms with van der Waals surface area (Å²) in [4.78, 5) is 31.5. The summed E-state index contributed by atoms with van der Waals surface area (Å²) >= 11 is 0. The number of pyridine rings is 1. The SMILES string of the molecule is Cc1ccc(C(C)(C)C)cc1/C(O)=C1\C(=O)C(=O)N(c2ccc(F)cc2F)C1c1ccccn1. The lowest BCUT2D eigenvalue weighted by atomic mass is 9.84. The molecule has 1 aliphatic heterocycles. The van der Waals surface area contributed by atoms with E-state index in [1.807, 2.05) is 32.9 Å². The fraction of sp³-hybridized carbons (Fsp3) is 0.222. The lowest BCUT2D eigenvalue weighted by Crippen LogP contribution is -2.30. The summed E-state index contributed by atoms with van der Waals surface area (Å²) in [7, 11) is 0. The van der Waals surface area contributed by atoms with E-state index < -0.39 is 29.4 Å². The fourth-order valence-electron chi connectivity index (χ4n) is 4.06. The van der Waals surface area contributed by atoms with E-state index in [1.165, 1.54) is 6.20 Å². The number of aliphatic hydroxyl groups is 1. The fourth-order valence-corrected chi connectivity index (χ4v) is 4.06. The average Bonchev–Trinajstić information content (AvgIpc) is 3.04. The van der Waals surface area contributed by atoms with Gasteiger partial charge in [-0.2, -0.15) is 0 Å². The molecule has 5 nitrogen and oxygen atoms in total. The highest BCUT2D eigenvalue weighted by Gasteiger charge is 2.48. The number of aliphatic hydroxyl groups excluding tert-OH is 1. The van der Waals surface area contributed by atoms with E-state index in [1.54, 1.807) is 31.2 Å². The van der Waals surface area contributed by atoms with Crippen LogP contribution in [0.1, 0.15) is 49.2 Å². The summed E-state index contributed by atoms with van der Waals surface area (Å²) in [5.41, 5.74) is 1.56. The third-order valence-electron chi connectivity index (χ3n) is 5.94. The molecule has 2 heterocycles. The van der Waals surface area contributed by atoms with E-state index >= 15 is 0 Å². The number of hydrogen-bond donors (Lipinski definition) is 1. The molecule has 1 atom stereocenters. The molecule has 3 aromatic rings. The molecule has 1 fully saturated rings. The van der Waals surface area contributed by atoms with Gasteiger partial charge in [0.05, 0.1) is 17.0 Å². The number of halogens is 2. The summed E-state index contributed by atoms with van der Waals surface area (Å²) in [6.45, 7) is 7.84. The number of benzene rings is 2. The minimum atomic E-state index is -1.20. The minimum absolute atomic E-state index is 0.207. The van der Waals surface area contributed by atoms with Crippen LogP contribution in [-0.4, -0.2) is 21.8 Å². The van der Waals surface area contributed by atoms with Gasteiger partial charge in [0, 0.05) is 17.8 Å². The predicted octanol–water partition coefficient (Wildman–Crippen LogP) is 5.59. The Kier molecular flexibility index (Phi) is 5.81. The molecular formula is C27H24F2N2O3. The second kappa shape index (κ2) is 8.48. The van der Waals surface area contributed by atoms with Gasteiger partial charge in [0.25, 0.3) is 11.7 Å². The molecule has 1 saturated heterocycles. The number of aromatic nitrogens is 1. The van der Waals surface area contributed by atoms with Crippen molar-refractivity contribution >= 4 is 23.1 Å². The molecule has 1 N–H and O–H groups in total. The number of carbonyl (C=O) groups is 2. The number of rotatable bonds is 3. The van der Waals surface area contributed by atoms with E-state index in [9.17, 15) is 23.5 Å². The Morgan fingerprint density at radius 3 is 2.38 bits per heavy atom. The summed E-state index contributed by atoms with van der Waals surface area (Å²) in [5.74, 6) is -4.21. The normalized spacial score (nSPS) is 17.9. The van der Waals surface area contributed by atoms with Gasteiger partial charge in [-0.05, 0) is 53.8 Å². The zero-order chi connectivity index (χ0) is 24.8. The highest BCUT2D eigenvalue weighted by molar-refractivity contribution is 6.51. The average molecular weight is 462 g/mol. The van der Waals surface area contributed by atoms with Gasteiger partial charge in [-0.3, -0.25) is 19.5 Å². The smallest absolute Gasteiger partial charge is 0.300 e. The first-order valence-corrected chi connectivity index (χ1v) is 10.8. The van der Waals surface area contributed by atoms with Gasteiger partial charge in [0.15, 0.2) is 0 Å². The molecule has 0 bridgehead atoms. The van der Waals surface area contributed by atoms with Crippen molar-refractivity contribution in [2.24, 2.45) is 0 Å². The zero-order valence-corrected chi connectivity index (χ0v) is 19.3. The van der Waals surface area contributed by atoms with Crippen LogP contribution in [0.15, 0.2) is 66.4 Å². The number of Topliss-reactive ketones (excluding diaryl/α,β-unsaturated/α-hetero) is 1. The molecule has 0 radical (unpaired) electrons. The third-order valence-corrected chi connectivity index (χ3v) is 5.94. The van der Waals surface area contributed by atoms with E-state index in [-0.39, 0.29) is 28.1 Å². The van der Waals surface area contributed by atoms with E-state index in [0.29, 0.717) is 17.2 Å². The first-order chi connectivity index (χ1) is 16.0. The summed E-state index contributed by atoms with van der Waals surface area (Å²) in [6.07, 6.45) is 1.47. The number of ketones is 1. The van der Waals surface area contributed by atoms with Crippen molar-refractivity contribution in [3.63, 3.8) is 0 Å². The first kappa shape index (κ1) is 23.3. The number of anilines is 1. The van der Waals surface area contributed by atoms with Crippen molar-refractivity contribution in [1.82, 2.24) is 4.98 Å². The first-order valence-electron chi connectivity index (χ1n) is 10.8. The molecule has 0 saturated carbocycles. The third kappa shape index (κ3) is 3.98. The topological polar surface area (TPSA) is 70.5 Å². The van der Waals surface area contributed by atoms with Crippen molar-refractivity contribution in [2.75, 3.05) is 4.90 Å². The highest BCUT2D eigenvalue weighted by atomic mass is 19.1. The Bertz CT molecular complexity index is 1330. The Labute approximate surface area is 196 Å².